The van der Waals surface area contributed by atoms with Gasteiger partial charge in [0.25, 0.3) is 0 Å². The van der Waals surface area contributed by atoms with Crippen LogP contribution in [0.15, 0.2) is 18.2 Å². The first-order chi connectivity index (χ1) is 7.13. The average molecular weight is 213 g/mol. The maximum atomic E-state index is 12.8. The van der Waals surface area contributed by atoms with Crippen molar-refractivity contribution in [3.05, 3.63) is 35.4 Å². The third-order valence-corrected chi connectivity index (χ3v) is 2.36. The second kappa shape index (κ2) is 5.81. The summed E-state index contributed by atoms with van der Waals surface area (Å²) >= 11 is 0. The maximum Gasteiger partial charge on any atom is 0.159 e. The molecule has 0 spiro atoms. The molecule has 0 amide bonds. The van der Waals surface area contributed by atoms with E-state index < -0.39 is 11.6 Å². The standard InChI is InChI=1S/C12H17F2N/c1-3-4-9(2)15-8-10-5-6-11(13)12(14)7-10/h5-7,9,15H,3-4,8H2,1-2H3. The van der Waals surface area contributed by atoms with Crippen molar-refractivity contribution in [1.82, 2.24) is 5.32 Å². The highest BCUT2D eigenvalue weighted by atomic mass is 19.2. The lowest BCUT2D eigenvalue weighted by molar-refractivity contribution is 0.494. The number of benzene rings is 1. The molecular weight excluding hydrogens is 196 g/mol. The van der Waals surface area contributed by atoms with Gasteiger partial charge < -0.3 is 5.32 Å². The lowest BCUT2D eigenvalue weighted by Gasteiger charge is -2.12. The summed E-state index contributed by atoms with van der Waals surface area (Å²) in [4.78, 5) is 0. The van der Waals surface area contributed by atoms with Crippen molar-refractivity contribution in [2.45, 2.75) is 39.3 Å². The van der Waals surface area contributed by atoms with E-state index in [0.717, 1.165) is 24.5 Å². The Balaban J connectivity index is 2.47. The minimum Gasteiger partial charge on any atom is -0.310 e. The topological polar surface area (TPSA) is 12.0 Å². The van der Waals surface area contributed by atoms with E-state index in [4.69, 9.17) is 0 Å². The molecule has 0 heterocycles. The minimum absolute atomic E-state index is 0.406. The van der Waals surface area contributed by atoms with E-state index >= 15 is 0 Å². The number of halogens is 2. The van der Waals surface area contributed by atoms with Crippen molar-refractivity contribution in [2.75, 3.05) is 0 Å². The van der Waals surface area contributed by atoms with Crippen LogP contribution in [0.25, 0.3) is 0 Å². The number of hydrogen-bond acceptors (Lipinski definition) is 1. The molecule has 0 saturated carbocycles. The van der Waals surface area contributed by atoms with E-state index in [1.165, 1.54) is 6.07 Å². The zero-order valence-electron chi connectivity index (χ0n) is 9.19. The highest BCUT2D eigenvalue weighted by molar-refractivity contribution is 5.17. The Morgan fingerprint density at radius 2 is 2.00 bits per heavy atom. The zero-order valence-corrected chi connectivity index (χ0v) is 9.19. The lowest BCUT2D eigenvalue weighted by Crippen LogP contribution is -2.25. The quantitative estimate of drug-likeness (QED) is 0.791. The number of rotatable bonds is 5. The Morgan fingerprint density at radius 3 is 2.60 bits per heavy atom. The predicted octanol–water partition coefficient (Wildman–Crippen LogP) is 3.24. The van der Waals surface area contributed by atoms with E-state index in [0.29, 0.717) is 12.6 Å². The molecule has 1 N–H and O–H groups in total. The molecule has 0 aliphatic rings. The van der Waals surface area contributed by atoms with Gasteiger partial charge in [0.1, 0.15) is 0 Å². The normalized spacial score (nSPS) is 12.8. The summed E-state index contributed by atoms with van der Waals surface area (Å²) < 4.78 is 25.5. The number of nitrogens with one attached hydrogen (secondary N) is 1. The van der Waals surface area contributed by atoms with Crippen LogP contribution in [0.1, 0.15) is 32.3 Å². The molecule has 1 nitrogen and oxygen atoms in total. The summed E-state index contributed by atoms with van der Waals surface area (Å²) in [6.45, 7) is 4.79. The van der Waals surface area contributed by atoms with Crippen molar-refractivity contribution in [1.29, 1.82) is 0 Å². The molecule has 0 aliphatic carbocycles. The molecular formula is C12H17F2N. The largest absolute Gasteiger partial charge is 0.310 e. The second-order valence-electron chi connectivity index (χ2n) is 3.82. The van der Waals surface area contributed by atoms with Crippen molar-refractivity contribution >= 4 is 0 Å². The van der Waals surface area contributed by atoms with Gasteiger partial charge in [-0.15, -0.1) is 0 Å². The molecule has 1 unspecified atom stereocenters. The Hall–Kier alpha value is -0.960. The van der Waals surface area contributed by atoms with Crippen molar-refractivity contribution in [2.24, 2.45) is 0 Å². The van der Waals surface area contributed by atoms with Gasteiger partial charge in [-0.3, -0.25) is 0 Å². The zero-order chi connectivity index (χ0) is 11.3. The summed E-state index contributed by atoms with van der Waals surface area (Å²) in [7, 11) is 0. The maximum absolute atomic E-state index is 12.8. The molecule has 1 aromatic carbocycles. The van der Waals surface area contributed by atoms with Gasteiger partial charge in [-0.05, 0) is 31.0 Å². The van der Waals surface area contributed by atoms with Gasteiger partial charge in [0.2, 0.25) is 0 Å². The Labute approximate surface area is 89.5 Å². The van der Waals surface area contributed by atoms with Crippen LogP contribution < -0.4 is 5.32 Å². The van der Waals surface area contributed by atoms with Gasteiger partial charge in [-0.2, -0.15) is 0 Å². The molecule has 0 radical (unpaired) electrons. The van der Waals surface area contributed by atoms with Gasteiger partial charge in [0.05, 0.1) is 0 Å². The Bertz CT molecular complexity index is 312. The van der Waals surface area contributed by atoms with E-state index in [1.807, 2.05) is 0 Å². The first-order valence-corrected chi connectivity index (χ1v) is 5.30. The van der Waals surface area contributed by atoms with Gasteiger partial charge >= 0.3 is 0 Å². The molecule has 0 saturated heterocycles. The van der Waals surface area contributed by atoms with Crippen molar-refractivity contribution in [3.8, 4) is 0 Å². The molecule has 0 aliphatic heterocycles. The molecule has 1 rings (SSSR count). The predicted molar refractivity (Wildman–Crippen MR) is 57.6 cm³/mol. The Kier molecular flexibility index (Phi) is 4.69. The smallest absolute Gasteiger partial charge is 0.159 e. The first kappa shape index (κ1) is 12.1. The third-order valence-electron chi connectivity index (χ3n) is 2.36. The van der Waals surface area contributed by atoms with Crippen LogP contribution in [0.3, 0.4) is 0 Å². The van der Waals surface area contributed by atoms with E-state index in [-0.39, 0.29) is 0 Å². The van der Waals surface area contributed by atoms with E-state index in [2.05, 4.69) is 19.2 Å². The van der Waals surface area contributed by atoms with Crippen LogP contribution in [-0.2, 0) is 6.54 Å². The van der Waals surface area contributed by atoms with Crippen molar-refractivity contribution < 1.29 is 8.78 Å². The summed E-state index contributed by atoms with van der Waals surface area (Å²) in [6, 6.07) is 4.41. The van der Waals surface area contributed by atoms with Crippen LogP contribution in [-0.4, -0.2) is 6.04 Å². The van der Waals surface area contributed by atoms with Gasteiger partial charge in [-0.25, -0.2) is 8.78 Å². The summed E-state index contributed by atoms with van der Waals surface area (Å²) in [5.74, 6) is -1.57. The fourth-order valence-corrected chi connectivity index (χ4v) is 1.48. The fourth-order valence-electron chi connectivity index (χ4n) is 1.48. The van der Waals surface area contributed by atoms with Crippen LogP contribution in [0.2, 0.25) is 0 Å². The highest BCUT2D eigenvalue weighted by Crippen LogP contribution is 2.08. The van der Waals surface area contributed by atoms with Gasteiger partial charge in [-0.1, -0.05) is 19.4 Å². The first-order valence-electron chi connectivity index (χ1n) is 5.30. The van der Waals surface area contributed by atoms with Crippen LogP contribution in [0, 0.1) is 11.6 Å². The molecule has 15 heavy (non-hydrogen) atoms. The SMILES string of the molecule is CCCC(C)NCc1ccc(F)c(F)c1. The molecule has 1 atom stereocenters. The highest BCUT2D eigenvalue weighted by Gasteiger charge is 2.04. The monoisotopic (exact) mass is 213 g/mol. The molecule has 0 bridgehead atoms. The Morgan fingerprint density at radius 1 is 1.27 bits per heavy atom. The summed E-state index contributed by atoms with van der Waals surface area (Å²) in [5, 5.41) is 3.26. The molecule has 1 aromatic rings. The average Bonchev–Trinajstić information content (AvgIpc) is 2.20. The van der Waals surface area contributed by atoms with Gasteiger partial charge in [0, 0.05) is 12.6 Å². The van der Waals surface area contributed by atoms with Crippen LogP contribution in [0.4, 0.5) is 8.78 Å². The van der Waals surface area contributed by atoms with Crippen molar-refractivity contribution in [3.63, 3.8) is 0 Å². The molecule has 84 valence electrons. The summed E-state index contributed by atoms with van der Waals surface area (Å²) in [5.41, 5.74) is 0.775. The fraction of sp³-hybridized carbons (Fsp3) is 0.500. The summed E-state index contributed by atoms with van der Waals surface area (Å²) in [6.07, 6.45) is 2.20. The molecule has 0 aromatic heterocycles. The van der Waals surface area contributed by atoms with E-state index in [9.17, 15) is 8.78 Å². The minimum atomic E-state index is -0.791. The van der Waals surface area contributed by atoms with E-state index in [1.54, 1.807) is 6.07 Å². The molecule has 0 fully saturated rings. The second-order valence-corrected chi connectivity index (χ2v) is 3.82. The van der Waals surface area contributed by atoms with Crippen LogP contribution in [0.5, 0.6) is 0 Å². The lowest BCUT2D eigenvalue weighted by atomic mass is 10.1. The van der Waals surface area contributed by atoms with Gasteiger partial charge in [0.15, 0.2) is 11.6 Å². The molecule has 3 heteroatoms. The number of hydrogen-bond donors (Lipinski definition) is 1. The third kappa shape index (κ3) is 3.96. The van der Waals surface area contributed by atoms with Crippen LogP contribution >= 0.6 is 0 Å².